The summed E-state index contributed by atoms with van der Waals surface area (Å²) in [6.45, 7) is 0. The zero-order valence-electron chi connectivity index (χ0n) is 8.84. The molecule has 1 aromatic heterocycles. The van der Waals surface area contributed by atoms with Crippen molar-refractivity contribution in [1.82, 2.24) is 4.98 Å². The van der Waals surface area contributed by atoms with Crippen LogP contribution in [0.25, 0.3) is 0 Å². The molecule has 1 heterocycles. The molecule has 0 N–H and O–H groups in total. The van der Waals surface area contributed by atoms with Gasteiger partial charge in [0.1, 0.15) is 11.6 Å². The molecule has 0 unspecified atom stereocenters. The smallest absolute Gasteiger partial charge is 0.363 e. The van der Waals surface area contributed by atoms with Gasteiger partial charge in [-0.1, -0.05) is 11.6 Å². The van der Waals surface area contributed by atoms with E-state index in [0.29, 0.717) is 0 Å². The molecule has 0 aliphatic heterocycles. The molecule has 2 rings (SSSR count). The van der Waals surface area contributed by atoms with E-state index in [1.807, 2.05) is 0 Å². The summed E-state index contributed by atoms with van der Waals surface area (Å²) in [7, 11) is 0. The monoisotopic (exact) mass is 268 g/mol. The van der Waals surface area contributed by atoms with Crippen molar-refractivity contribution in [3.05, 3.63) is 57.5 Å². The van der Waals surface area contributed by atoms with E-state index in [1.165, 1.54) is 30.5 Å². The third-order valence-electron chi connectivity index (χ3n) is 2.03. The van der Waals surface area contributed by atoms with Crippen molar-refractivity contribution < 1.29 is 14.1 Å². The highest BCUT2D eigenvalue weighted by atomic mass is 35.5. The number of nitrogens with zero attached hydrogens (tertiary/aromatic N) is 2. The minimum absolute atomic E-state index is 0.0100. The fourth-order valence-electron chi connectivity index (χ4n) is 1.22. The summed E-state index contributed by atoms with van der Waals surface area (Å²) in [5, 5.41) is 10.4. The van der Waals surface area contributed by atoms with Crippen LogP contribution in [0.4, 0.5) is 10.2 Å². The standard InChI is InChI=1S/C11H6ClFN2O3/c12-9-3-1-7(5-10(9)13)18-8-2-4-11(14-6-8)15(16)17/h1-6H. The second-order valence-corrected chi connectivity index (χ2v) is 3.69. The molecule has 92 valence electrons. The zero-order valence-corrected chi connectivity index (χ0v) is 9.60. The number of hydrogen-bond acceptors (Lipinski definition) is 4. The second kappa shape index (κ2) is 4.97. The van der Waals surface area contributed by atoms with Crippen LogP contribution >= 0.6 is 11.6 Å². The largest absolute Gasteiger partial charge is 0.453 e. The Hall–Kier alpha value is -2.21. The Labute approximate surface area is 106 Å². The predicted molar refractivity (Wildman–Crippen MR) is 62.4 cm³/mol. The van der Waals surface area contributed by atoms with Gasteiger partial charge in [-0.15, -0.1) is 0 Å². The number of halogens is 2. The lowest BCUT2D eigenvalue weighted by molar-refractivity contribution is -0.389. The first-order valence-electron chi connectivity index (χ1n) is 4.79. The van der Waals surface area contributed by atoms with Crippen molar-refractivity contribution in [2.45, 2.75) is 0 Å². The van der Waals surface area contributed by atoms with Crippen molar-refractivity contribution in [2.75, 3.05) is 0 Å². The maximum absolute atomic E-state index is 13.1. The van der Waals surface area contributed by atoms with Gasteiger partial charge < -0.3 is 14.9 Å². The highest BCUT2D eigenvalue weighted by molar-refractivity contribution is 6.30. The van der Waals surface area contributed by atoms with E-state index in [1.54, 1.807) is 0 Å². The molecule has 0 amide bonds. The lowest BCUT2D eigenvalue weighted by atomic mass is 10.3. The molecule has 7 heteroatoms. The van der Waals surface area contributed by atoms with Gasteiger partial charge in [-0.05, 0) is 28.1 Å². The van der Waals surface area contributed by atoms with Gasteiger partial charge in [0.25, 0.3) is 0 Å². The van der Waals surface area contributed by atoms with Crippen LogP contribution in [0.1, 0.15) is 0 Å². The summed E-state index contributed by atoms with van der Waals surface area (Å²) in [6, 6.07) is 6.51. The molecule has 1 aromatic carbocycles. The van der Waals surface area contributed by atoms with Crippen LogP contribution in [-0.4, -0.2) is 9.91 Å². The Bertz CT molecular complexity index is 589. The van der Waals surface area contributed by atoms with Gasteiger partial charge in [0, 0.05) is 12.1 Å². The first-order chi connectivity index (χ1) is 8.56. The lowest BCUT2D eigenvalue weighted by Crippen LogP contribution is -1.92. The SMILES string of the molecule is O=[N+]([O-])c1ccc(Oc2ccc(Cl)c(F)c2)cn1. The molecule has 0 spiro atoms. The van der Waals surface area contributed by atoms with Crippen LogP contribution in [0.5, 0.6) is 11.5 Å². The van der Waals surface area contributed by atoms with E-state index in [0.717, 1.165) is 6.07 Å². The molecule has 0 fully saturated rings. The highest BCUT2D eigenvalue weighted by Crippen LogP contribution is 2.25. The van der Waals surface area contributed by atoms with Gasteiger partial charge in [0.2, 0.25) is 0 Å². The van der Waals surface area contributed by atoms with Crippen LogP contribution in [0.2, 0.25) is 5.02 Å². The summed E-state index contributed by atoms with van der Waals surface area (Å²) in [4.78, 5) is 13.3. The Kier molecular flexibility index (Phi) is 3.38. The van der Waals surface area contributed by atoms with Crippen LogP contribution in [-0.2, 0) is 0 Å². The minimum atomic E-state index is -0.619. The summed E-state index contributed by atoms with van der Waals surface area (Å²) in [6.07, 6.45) is 1.19. The molecule has 0 saturated carbocycles. The first kappa shape index (κ1) is 12.3. The average molecular weight is 269 g/mol. The first-order valence-corrected chi connectivity index (χ1v) is 5.17. The molecule has 0 atom stereocenters. The van der Waals surface area contributed by atoms with Crippen molar-refractivity contribution in [3.8, 4) is 11.5 Å². The van der Waals surface area contributed by atoms with E-state index in [4.69, 9.17) is 16.3 Å². The van der Waals surface area contributed by atoms with E-state index in [9.17, 15) is 14.5 Å². The van der Waals surface area contributed by atoms with Crippen molar-refractivity contribution in [2.24, 2.45) is 0 Å². The molecule has 0 aliphatic rings. The van der Waals surface area contributed by atoms with E-state index >= 15 is 0 Å². The second-order valence-electron chi connectivity index (χ2n) is 3.29. The van der Waals surface area contributed by atoms with E-state index < -0.39 is 10.7 Å². The van der Waals surface area contributed by atoms with Gasteiger partial charge in [-0.25, -0.2) is 4.39 Å². The fourth-order valence-corrected chi connectivity index (χ4v) is 1.33. The Morgan fingerprint density at radius 3 is 2.56 bits per heavy atom. The Morgan fingerprint density at radius 2 is 2.00 bits per heavy atom. The average Bonchev–Trinajstić information content (AvgIpc) is 2.34. The quantitative estimate of drug-likeness (QED) is 0.630. The van der Waals surface area contributed by atoms with E-state index in [-0.39, 0.29) is 22.3 Å². The van der Waals surface area contributed by atoms with Crippen molar-refractivity contribution in [3.63, 3.8) is 0 Å². The van der Waals surface area contributed by atoms with Crippen molar-refractivity contribution >= 4 is 17.4 Å². The summed E-state index contributed by atoms with van der Waals surface area (Å²) < 4.78 is 18.4. The highest BCUT2D eigenvalue weighted by Gasteiger charge is 2.08. The fraction of sp³-hybridized carbons (Fsp3) is 0. The van der Waals surface area contributed by atoms with Crippen LogP contribution in [0.3, 0.4) is 0 Å². The maximum atomic E-state index is 13.1. The normalized spacial score (nSPS) is 10.1. The number of nitro groups is 1. The molecule has 0 radical (unpaired) electrons. The molecule has 0 saturated heterocycles. The van der Waals surface area contributed by atoms with Crippen LogP contribution < -0.4 is 4.74 Å². The summed E-state index contributed by atoms with van der Waals surface area (Å²) in [5.41, 5.74) is 0. The number of pyridine rings is 1. The van der Waals surface area contributed by atoms with Gasteiger partial charge in [0.15, 0.2) is 11.9 Å². The maximum Gasteiger partial charge on any atom is 0.363 e. The number of benzene rings is 1. The van der Waals surface area contributed by atoms with Gasteiger partial charge >= 0.3 is 5.82 Å². The molecular formula is C11H6ClFN2O3. The number of hydrogen-bond donors (Lipinski definition) is 0. The van der Waals surface area contributed by atoms with Gasteiger partial charge in [-0.3, -0.25) is 0 Å². The number of ether oxygens (including phenoxy) is 1. The number of aromatic nitrogens is 1. The van der Waals surface area contributed by atoms with Gasteiger partial charge in [-0.2, -0.15) is 0 Å². The third-order valence-corrected chi connectivity index (χ3v) is 2.34. The van der Waals surface area contributed by atoms with Crippen LogP contribution in [0, 0.1) is 15.9 Å². The van der Waals surface area contributed by atoms with E-state index in [2.05, 4.69) is 4.98 Å². The topological polar surface area (TPSA) is 65.3 Å². The summed E-state index contributed by atoms with van der Waals surface area (Å²) >= 11 is 5.52. The predicted octanol–water partition coefficient (Wildman–Crippen LogP) is 3.57. The molecule has 2 aromatic rings. The van der Waals surface area contributed by atoms with Crippen LogP contribution in [0.15, 0.2) is 36.5 Å². The zero-order chi connectivity index (χ0) is 13.1. The minimum Gasteiger partial charge on any atom is -0.453 e. The molecule has 5 nitrogen and oxygen atoms in total. The molecule has 0 bridgehead atoms. The molecular weight excluding hydrogens is 263 g/mol. The van der Waals surface area contributed by atoms with Crippen molar-refractivity contribution in [1.29, 1.82) is 0 Å². The number of rotatable bonds is 3. The molecule has 0 aliphatic carbocycles. The Morgan fingerprint density at radius 1 is 1.28 bits per heavy atom. The summed E-state index contributed by atoms with van der Waals surface area (Å²) in [5.74, 6) is -0.399. The Balaban J connectivity index is 2.18. The third kappa shape index (κ3) is 2.72. The lowest BCUT2D eigenvalue weighted by Gasteiger charge is -2.04. The van der Waals surface area contributed by atoms with Gasteiger partial charge in [0.05, 0.1) is 5.02 Å². The molecule has 18 heavy (non-hydrogen) atoms.